The number of hydrogen-bond donors (Lipinski definition) is 0. The molecule has 2 aromatic heterocycles. The summed E-state index contributed by atoms with van der Waals surface area (Å²) >= 11 is 0. The summed E-state index contributed by atoms with van der Waals surface area (Å²) in [7, 11) is 0. The molecule has 0 radical (unpaired) electrons. The summed E-state index contributed by atoms with van der Waals surface area (Å²) in [6.45, 7) is 8.78. The van der Waals surface area contributed by atoms with Gasteiger partial charge in [-0.05, 0) is 109 Å². The lowest BCUT2D eigenvalue weighted by Crippen LogP contribution is -2.30. The van der Waals surface area contributed by atoms with Crippen molar-refractivity contribution in [3.8, 4) is 33.8 Å². The van der Waals surface area contributed by atoms with Crippen LogP contribution in [-0.2, 0) is 0 Å². The molecule has 0 saturated carbocycles. The van der Waals surface area contributed by atoms with Gasteiger partial charge in [0.15, 0.2) is 0 Å². The van der Waals surface area contributed by atoms with Gasteiger partial charge in [0.1, 0.15) is 23.1 Å². The maximum absolute atomic E-state index is 6.15. The van der Waals surface area contributed by atoms with Gasteiger partial charge in [-0.1, -0.05) is 86.6 Å². The first-order valence-electron chi connectivity index (χ1n) is 19.5. The molecule has 0 N–H and O–H groups in total. The molecule has 54 heavy (non-hydrogen) atoms. The van der Waals surface area contributed by atoms with Gasteiger partial charge in [-0.3, -0.25) is 9.97 Å². The molecule has 9 rings (SSSR count). The Morgan fingerprint density at radius 1 is 0.500 bits per heavy atom. The van der Waals surface area contributed by atoms with Crippen LogP contribution in [0.3, 0.4) is 0 Å². The van der Waals surface area contributed by atoms with E-state index < -0.39 is 0 Å². The maximum Gasteiger partial charge on any atom is 0.147 e. The van der Waals surface area contributed by atoms with Crippen LogP contribution in [0.2, 0.25) is 0 Å². The van der Waals surface area contributed by atoms with Crippen LogP contribution in [-0.4, -0.2) is 46.1 Å². The van der Waals surface area contributed by atoms with Crippen LogP contribution in [0.25, 0.3) is 44.3 Å². The molecule has 272 valence electrons. The molecule has 2 saturated heterocycles. The van der Waals surface area contributed by atoms with Gasteiger partial charge in [0.25, 0.3) is 0 Å². The highest BCUT2D eigenvalue weighted by Gasteiger charge is 2.16. The second-order valence-corrected chi connectivity index (χ2v) is 14.7. The molecule has 0 spiro atoms. The van der Waals surface area contributed by atoms with Gasteiger partial charge in [-0.2, -0.15) is 0 Å². The normalized spacial score (nSPS) is 14.6. The van der Waals surface area contributed by atoms with Gasteiger partial charge in [0.2, 0.25) is 0 Å². The van der Waals surface area contributed by atoms with E-state index in [1.54, 1.807) is 0 Å². The van der Waals surface area contributed by atoms with Crippen LogP contribution in [0.15, 0.2) is 128 Å². The molecule has 4 heterocycles. The number of fused-ring (bicyclic) bond motifs is 2. The zero-order chi connectivity index (χ0) is 36.7. The third-order valence-corrected chi connectivity index (χ3v) is 10.5. The minimum absolute atomic E-state index is 0.533. The van der Waals surface area contributed by atoms with Gasteiger partial charge >= 0.3 is 0 Å². The molecule has 7 nitrogen and oxygen atoms in total. The lowest BCUT2D eigenvalue weighted by atomic mass is 9.97. The van der Waals surface area contributed by atoms with Gasteiger partial charge in [0, 0.05) is 31.7 Å². The molecule has 7 aromatic rings. The van der Waals surface area contributed by atoms with Gasteiger partial charge < -0.3 is 14.5 Å². The van der Waals surface area contributed by atoms with Crippen LogP contribution in [0.4, 0.5) is 11.6 Å². The SMILES string of the molecule is CC(C)c1cccc(-c2ccc3ncc(N4CCCCC4)nc3c2)c1.c1ccc(Oc2ccccc2-c2ccc3ncc(N4CCCCC4)nc3c2)cc1. The second-order valence-electron chi connectivity index (χ2n) is 14.7. The van der Waals surface area contributed by atoms with Crippen molar-refractivity contribution in [1.29, 1.82) is 0 Å². The predicted molar refractivity (Wildman–Crippen MR) is 223 cm³/mol. The molecular formula is C47H48N6O. The molecule has 2 aliphatic rings. The largest absolute Gasteiger partial charge is 0.457 e. The molecule has 2 fully saturated rings. The first kappa shape index (κ1) is 35.2. The zero-order valence-electron chi connectivity index (χ0n) is 31.4. The third kappa shape index (κ3) is 8.21. The zero-order valence-corrected chi connectivity index (χ0v) is 31.4. The Morgan fingerprint density at radius 2 is 1.06 bits per heavy atom. The lowest BCUT2D eigenvalue weighted by molar-refractivity contribution is 0.484. The Balaban J connectivity index is 0.000000155. The molecule has 0 aliphatic carbocycles. The molecule has 0 amide bonds. The monoisotopic (exact) mass is 712 g/mol. The van der Waals surface area contributed by atoms with Crippen molar-refractivity contribution in [1.82, 2.24) is 19.9 Å². The number of nitrogens with zero attached hydrogens (tertiary/aromatic N) is 6. The van der Waals surface area contributed by atoms with Crippen LogP contribution in [0, 0.1) is 0 Å². The van der Waals surface area contributed by atoms with Gasteiger partial charge in [-0.15, -0.1) is 0 Å². The quantitative estimate of drug-likeness (QED) is 0.163. The topological polar surface area (TPSA) is 67.3 Å². The van der Waals surface area contributed by atoms with Crippen molar-refractivity contribution in [2.24, 2.45) is 0 Å². The van der Waals surface area contributed by atoms with E-state index in [1.807, 2.05) is 67.0 Å². The fourth-order valence-corrected chi connectivity index (χ4v) is 7.39. The smallest absolute Gasteiger partial charge is 0.147 e. The lowest BCUT2D eigenvalue weighted by Gasteiger charge is -2.27. The summed E-state index contributed by atoms with van der Waals surface area (Å²) < 4.78 is 6.15. The van der Waals surface area contributed by atoms with Gasteiger partial charge in [-0.25, -0.2) is 9.97 Å². The second kappa shape index (κ2) is 16.5. The van der Waals surface area contributed by atoms with Crippen molar-refractivity contribution in [3.05, 3.63) is 133 Å². The van der Waals surface area contributed by atoms with E-state index in [9.17, 15) is 0 Å². The summed E-state index contributed by atoms with van der Waals surface area (Å²) in [5, 5.41) is 0. The Bertz CT molecular complexity index is 2330. The number of ether oxygens (including phenoxy) is 1. The van der Waals surface area contributed by atoms with Crippen LogP contribution >= 0.6 is 0 Å². The fraction of sp³-hybridized carbons (Fsp3) is 0.277. The Morgan fingerprint density at radius 3 is 1.69 bits per heavy atom. The number of aromatic nitrogens is 4. The van der Waals surface area contributed by atoms with E-state index in [4.69, 9.17) is 14.7 Å². The third-order valence-electron chi connectivity index (χ3n) is 10.5. The predicted octanol–water partition coefficient (Wildman–Crippen LogP) is 11.5. The first-order chi connectivity index (χ1) is 26.6. The van der Waals surface area contributed by atoms with E-state index in [1.165, 1.54) is 55.2 Å². The summed E-state index contributed by atoms with van der Waals surface area (Å²) in [6, 6.07) is 39.4. The molecule has 0 bridgehead atoms. The highest BCUT2D eigenvalue weighted by molar-refractivity contribution is 5.84. The molecule has 7 heteroatoms. The summed E-state index contributed by atoms with van der Waals surface area (Å²) in [5.41, 5.74) is 9.72. The number of hydrogen-bond acceptors (Lipinski definition) is 7. The van der Waals surface area contributed by atoms with Crippen LogP contribution < -0.4 is 14.5 Å². The van der Waals surface area contributed by atoms with Gasteiger partial charge in [0.05, 0.1) is 34.5 Å². The Labute approximate surface area is 318 Å². The maximum atomic E-state index is 6.15. The summed E-state index contributed by atoms with van der Waals surface area (Å²) in [5.74, 6) is 4.18. The number of rotatable bonds is 7. The van der Waals surface area contributed by atoms with Crippen LogP contribution in [0.5, 0.6) is 11.5 Å². The first-order valence-corrected chi connectivity index (χ1v) is 19.5. The van der Waals surface area contributed by atoms with E-state index >= 15 is 0 Å². The fourth-order valence-electron chi connectivity index (χ4n) is 7.39. The van der Waals surface area contributed by atoms with E-state index in [-0.39, 0.29) is 0 Å². The molecule has 0 unspecified atom stereocenters. The van der Waals surface area contributed by atoms with Crippen molar-refractivity contribution in [2.75, 3.05) is 36.0 Å². The number of para-hydroxylation sites is 2. The minimum atomic E-state index is 0.533. The van der Waals surface area contributed by atoms with Crippen molar-refractivity contribution in [2.45, 2.75) is 58.3 Å². The molecular weight excluding hydrogens is 665 g/mol. The van der Waals surface area contributed by atoms with E-state index in [2.05, 4.69) is 94.3 Å². The molecule has 2 aliphatic heterocycles. The Kier molecular flexibility index (Phi) is 10.7. The molecule has 0 atom stereocenters. The van der Waals surface area contributed by atoms with Crippen molar-refractivity contribution in [3.63, 3.8) is 0 Å². The van der Waals surface area contributed by atoms with E-state index in [0.29, 0.717) is 5.92 Å². The summed E-state index contributed by atoms with van der Waals surface area (Å²) in [4.78, 5) is 23.8. The highest BCUT2D eigenvalue weighted by Crippen LogP contribution is 2.35. The highest BCUT2D eigenvalue weighted by atomic mass is 16.5. The summed E-state index contributed by atoms with van der Waals surface area (Å²) in [6.07, 6.45) is 11.4. The van der Waals surface area contributed by atoms with E-state index in [0.717, 1.165) is 82.5 Å². The van der Waals surface area contributed by atoms with Crippen molar-refractivity contribution < 1.29 is 4.74 Å². The number of benzene rings is 5. The van der Waals surface area contributed by atoms with Crippen molar-refractivity contribution >= 4 is 33.7 Å². The standard InChI is InChI=1S/C25H23N3O.C22H25N3/c1-3-9-20(10-4-1)29-24-12-6-5-11-21(24)19-13-14-22-23(17-19)27-25(18-26-22)28-15-7-2-8-16-28;1-16(2)17-7-6-8-18(13-17)19-9-10-20-21(14-19)24-22(15-23-20)25-11-4-3-5-12-25/h1,3-6,9-14,17-18H,2,7-8,15-16H2;6-10,13-16H,3-5,11-12H2,1-2H3. The number of anilines is 2. The van der Waals surface area contributed by atoms with Crippen LogP contribution in [0.1, 0.15) is 63.9 Å². The molecule has 5 aromatic carbocycles. The number of piperidine rings is 2. The average Bonchev–Trinajstić information content (AvgIpc) is 3.24. The minimum Gasteiger partial charge on any atom is -0.457 e. The Hall–Kier alpha value is -5.82. The average molecular weight is 713 g/mol.